The fourth-order valence-corrected chi connectivity index (χ4v) is 2.27. The van der Waals surface area contributed by atoms with E-state index in [4.69, 9.17) is 0 Å². The lowest BCUT2D eigenvalue weighted by Gasteiger charge is -2.11. The van der Waals surface area contributed by atoms with Crippen LogP contribution in [0.25, 0.3) is 5.69 Å². The fraction of sp³-hybridized carbons (Fsp3) is 0.286. The van der Waals surface area contributed by atoms with E-state index in [1.165, 1.54) is 0 Å². The third-order valence-electron chi connectivity index (χ3n) is 3.31. The van der Waals surface area contributed by atoms with Crippen molar-refractivity contribution in [3.8, 4) is 5.69 Å². The van der Waals surface area contributed by atoms with Gasteiger partial charge >= 0.3 is 0 Å². The number of anilines is 1. The van der Waals surface area contributed by atoms with E-state index in [1.54, 1.807) is 10.9 Å². The standard InChI is InChI=1S/C14H16N4O/c19-14(11-5-7-15-10-11)17-12-3-1-4-13(9-12)18-8-2-6-16-18/h1-4,6,8-9,11,15H,5,7,10H2,(H,17,19). The van der Waals surface area contributed by atoms with Crippen LogP contribution in [0, 0.1) is 5.92 Å². The van der Waals surface area contributed by atoms with E-state index in [0.717, 1.165) is 30.9 Å². The molecular formula is C14H16N4O. The van der Waals surface area contributed by atoms with Gasteiger partial charge in [0, 0.05) is 24.6 Å². The topological polar surface area (TPSA) is 59.0 Å². The van der Waals surface area contributed by atoms with Crippen molar-refractivity contribution in [2.24, 2.45) is 5.92 Å². The highest BCUT2D eigenvalue weighted by atomic mass is 16.1. The first-order valence-electron chi connectivity index (χ1n) is 6.44. The van der Waals surface area contributed by atoms with Gasteiger partial charge in [-0.15, -0.1) is 0 Å². The minimum atomic E-state index is 0.0772. The van der Waals surface area contributed by atoms with Gasteiger partial charge in [0.15, 0.2) is 0 Å². The van der Waals surface area contributed by atoms with Gasteiger partial charge in [-0.05, 0) is 37.2 Å². The Morgan fingerprint density at radius 1 is 1.42 bits per heavy atom. The maximum Gasteiger partial charge on any atom is 0.228 e. The largest absolute Gasteiger partial charge is 0.326 e. The van der Waals surface area contributed by atoms with E-state index in [2.05, 4.69) is 15.7 Å². The maximum absolute atomic E-state index is 12.0. The SMILES string of the molecule is O=C(Nc1cccc(-n2cccn2)c1)C1CCNC1. The van der Waals surface area contributed by atoms with Gasteiger partial charge in [0.05, 0.1) is 11.6 Å². The van der Waals surface area contributed by atoms with Crippen LogP contribution < -0.4 is 10.6 Å². The molecule has 1 saturated heterocycles. The van der Waals surface area contributed by atoms with Crippen molar-refractivity contribution in [2.45, 2.75) is 6.42 Å². The summed E-state index contributed by atoms with van der Waals surface area (Å²) < 4.78 is 1.77. The first kappa shape index (κ1) is 11.9. The quantitative estimate of drug-likeness (QED) is 0.873. The molecule has 98 valence electrons. The Hall–Kier alpha value is -2.14. The van der Waals surface area contributed by atoms with Gasteiger partial charge in [-0.25, -0.2) is 4.68 Å². The number of rotatable bonds is 3. The van der Waals surface area contributed by atoms with Gasteiger partial charge in [-0.2, -0.15) is 5.10 Å². The molecule has 1 aliphatic rings. The molecule has 1 amide bonds. The normalized spacial score (nSPS) is 18.4. The van der Waals surface area contributed by atoms with E-state index in [0.29, 0.717) is 0 Å². The monoisotopic (exact) mass is 256 g/mol. The highest BCUT2D eigenvalue weighted by molar-refractivity contribution is 5.93. The van der Waals surface area contributed by atoms with Crippen LogP contribution in [0.1, 0.15) is 6.42 Å². The zero-order valence-corrected chi connectivity index (χ0v) is 10.5. The smallest absolute Gasteiger partial charge is 0.228 e. The molecule has 1 unspecified atom stereocenters. The van der Waals surface area contributed by atoms with E-state index in [-0.39, 0.29) is 11.8 Å². The third-order valence-corrected chi connectivity index (χ3v) is 3.31. The summed E-state index contributed by atoms with van der Waals surface area (Å²) in [6.07, 6.45) is 4.52. The second-order valence-electron chi connectivity index (χ2n) is 4.68. The average molecular weight is 256 g/mol. The Kier molecular flexibility index (Phi) is 3.29. The molecule has 2 heterocycles. The zero-order valence-electron chi connectivity index (χ0n) is 10.5. The van der Waals surface area contributed by atoms with Gasteiger partial charge in [-0.3, -0.25) is 4.79 Å². The third kappa shape index (κ3) is 2.66. The molecule has 1 fully saturated rings. The zero-order chi connectivity index (χ0) is 13.1. The molecule has 1 aliphatic heterocycles. The predicted octanol–water partition coefficient (Wildman–Crippen LogP) is 1.42. The first-order chi connectivity index (χ1) is 9.33. The summed E-state index contributed by atoms with van der Waals surface area (Å²) in [4.78, 5) is 12.0. The Morgan fingerprint density at radius 3 is 3.11 bits per heavy atom. The molecule has 1 aromatic heterocycles. The number of carbonyl (C=O) groups excluding carboxylic acids is 1. The lowest BCUT2D eigenvalue weighted by atomic mass is 10.1. The number of nitrogens with zero attached hydrogens (tertiary/aromatic N) is 2. The molecule has 5 heteroatoms. The molecule has 1 atom stereocenters. The van der Waals surface area contributed by atoms with Gasteiger partial charge in [0.1, 0.15) is 0 Å². The van der Waals surface area contributed by atoms with Gasteiger partial charge in [-0.1, -0.05) is 6.07 Å². The van der Waals surface area contributed by atoms with Crippen molar-refractivity contribution in [3.05, 3.63) is 42.7 Å². The molecule has 0 bridgehead atoms. The van der Waals surface area contributed by atoms with Crippen LogP contribution in [-0.4, -0.2) is 28.8 Å². The molecule has 2 N–H and O–H groups in total. The van der Waals surface area contributed by atoms with Crippen LogP contribution in [0.3, 0.4) is 0 Å². The molecule has 0 spiro atoms. The number of aromatic nitrogens is 2. The van der Waals surface area contributed by atoms with Crippen LogP contribution in [0.5, 0.6) is 0 Å². The van der Waals surface area contributed by atoms with Crippen LogP contribution in [0.15, 0.2) is 42.7 Å². The van der Waals surface area contributed by atoms with Crippen LogP contribution in [0.2, 0.25) is 0 Å². The lowest BCUT2D eigenvalue weighted by molar-refractivity contribution is -0.119. The van der Waals surface area contributed by atoms with Crippen LogP contribution in [-0.2, 0) is 4.79 Å². The Labute approximate surface area is 111 Å². The minimum Gasteiger partial charge on any atom is -0.326 e. The highest BCUT2D eigenvalue weighted by Gasteiger charge is 2.22. The van der Waals surface area contributed by atoms with Gasteiger partial charge in [0.2, 0.25) is 5.91 Å². The summed E-state index contributed by atoms with van der Waals surface area (Å²) in [5.74, 6) is 0.163. The second kappa shape index (κ2) is 5.24. The highest BCUT2D eigenvalue weighted by Crippen LogP contribution is 2.16. The van der Waals surface area contributed by atoms with Crippen LogP contribution in [0.4, 0.5) is 5.69 Å². The number of nitrogens with one attached hydrogen (secondary N) is 2. The number of hydrogen-bond acceptors (Lipinski definition) is 3. The summed E-state index contributed by atoms with van der Waals surface area (Å²) in [5, 5.41) is 10.3. The Balaban J connectivity index is 1.74. The summed E-state index contributed by atoms with van der Waals surface area (Å²) in [7, 11) is 0. The van der Waals surface area contributed by atoms with Crippen molar-refractivity contribution in [1.29, 1.82) is 0 Å². The van der Waals surface area contributed by atoms with Gasteiger partial charge < -0.3 is 10.6 Å². The Morgan fingerprint density at radius 2 is 2.37 bits per heavy atom. The lowest BCUT2D eigenvalue weighted by Crippen LogP contribution is -2.24. The Bertz CT molecular complexity index is 559. The number of benzene rings is 1. The van der Waals surface area contributed by atoms with Crippen molar-refractivity contribution in [2.75, 3.05) is 18.4 Å². The maximum atomic E-state index is 12.0. The average Bonchev–Trinajstić information content (AvgIpc) is 3.13. The number of carbonyl (C=O) groups is 1. The molecule has 0 saturated carbocycles. The summed E-state index contributed by atoms with van der Waals surface area (Å²) in [6.45, 7) is 1.69. The van der Waals surface area contributed by atoms with E-state index >= 15 is 0 Å². The van der Waals surface area contributed by atoms with Crippen molar-refractivity contribution in [3.63, 3.8) is 0 Å². The fourth-order valence-electron chi connectivity index (χ4n) is 2.27. The van der Waals surface area contributed by atoms with E-state index < -0.39 is 0 Å². The van der Waals surface area contributed by atoms with Crippen molar-refractivity contribution in [1.82, 2.24) is 15.1 Å². The summed E-state index contributed by atoms with van der Waals surface area (Å²) in [5.41, 5.74) is 1.75. The van der Waals surface area contributed by atoms with E-state index in [1.807, 2.05) is 36.5 Å². The van der Waals surface area contributed by atoms with Crippen molar-refractivity contribution < 1.29 is 4.79 Å². The number of hydrogen-bond donors (Lipinski definition) is 2. The van der Waals surface area contributed by atoms with Crippen molar-refractivity contribution >= 4 is 11.6 Å². The molecule has 5 nitrogen and oxygen atoms in total. The summed E-state index contributed by atoms with van der Waals surface area (Å²) in [6, 6.07) is 9.56. The number of amides is 1. The molecule has 0 radical (unpaired) electrons. The molecular weight excluding hydrogens is 240 g/mol. The minimum absolute atomic E-state index is 0.0772. The molecule has 1 aromatic carbocycles. The predicted molar refractivity (Wildman–Crippen MR) is 73.2 cm³/mol. The first-order valence-corrected chi connectivity index (χ1v) is 6.44. The van der Waals surface area contributed by atoms with Gasteiger partial charge in [0.25, 0.3) is 0 Å². The molecule has 3 rings (SSSR count). The van der Waals surface area contributed by atoms with Crippen LogP contribution >= 0.6 is 0 Å². The summed E-state index contributed by atoms with van der Waals surface area (Å²) >= 11 is 0. The molecule has 2 aromatic rings. The second-order valence-corrected chi connectivity index (χ2v) is 4.68. The molecule has 19 heavy (non-hydrogen) atoms. The molecule has 0 aliphatic carbocycles. The van der Waals surface area contributed by atoms with E-state index in [9.17, 15) is 4.79 Å².